The normalized spacial score (nSPS) is 16.0. The highest BCUT2D eigenvalue weighted by molar-refractivity contribution is 7.16. The number of allylic oxidation sites excluding steroid dienone is 3. The topological polar surface area (TPSA) is 92.1 Å². The Balaban J connectivity index is 1.74. The Bertz CT molecular complexity index is 1340. The maximum atomic E-state index is 13.3. The number of carbonyl (C=O) groups is 2. The molecule has 0 saturated carbocycles. The molecule has 0 saturated heterocycles. The summed E-state index contributed by atoms with van der Waals surface area (Å²) in [5.74, 6) is -1.16. The molecule has 0 amide bonds. The van der Waals surface area contributed by atoms with Crippen molar-refractivity contribution in [1.82, 2.24) is 10.3 Å². The van der Waals surface area contributed by atoms with Crippen molar-refractivity contribution >= 4 is 33.3 Å². The summed E-state index contributed by atoms with van der Waals surface area (Å²) >= 11 is 1.48. The van der Waals surface area contributed by atoms with Crippen LogP contribution in [0.15, 0.2) is 70.5 Å². The van der Waals surface area contributed by atoms with Crippen LogP contribution >= 0.6 is 11.3 Å². The highest BCUT2D eigenvalue weighted by Crippen LogP contribution is 2.43. The zero-order valence-electron chi connectivity index (χ0n) is 17.9. The first-order chi connectivity index (χ1) is 15.4. The number of pyridine rings is 1. The van der Waals surface area contributed by atoms with Crippen molar-refractivity contribution in [3.05, 3.63) is 87.2 Å². The summed E-state index contributed by atoms with van der Waals surface area (Å²) in [6, 6.07) is 12.8. The predicted octanol–water partition coefficient (Wildman–Crippen LogP) is 4.74. The third kappa shape index (κ3) is 3.93. The molecular weight excluding hydrogens is 422 g/mol. The molecule has 4 rings (SSSR count). The molecule has 3 heterocycles. The number of ether oxygens (including phenoxy) is 1. The first-order valence-corrected chi connectivity index (χ1v) is 11.0. The molecule has 1 N–H and O–H groups in total. The molecule has 32 heavy (non-hydrogen) atoms. The van der Waals surface area contributed by atoms with Gasteiger partial charge in [-0.05, 0) is 55.5 Å². The Labute approximate surface area is 189 Å². The number of fused-ring (bicyclic) bond motifs is 1. The van der Waals surface area contributed by atoms with Gasteiger partial charge in [0.25, 0.3) is 0 Å². The fourth-order valence-corrected chi connectivity index (χ4v) is 5.05. The maximum absolute atomic E-state index is 13.3. The summed E-state index contributed by atoms with van der Waals surface area (Å²) < 4.78 is 5.65. The number of aromatic nitrogens is 1. The van der Waals surface area contributed by atoms with E-state index in [-0.39, 0.29) is 12.4 Å². The standard InChI is InChI=1S/C25H21N3O3S/c1-14-21(16(3)29)23(20-13-32-24-19(20)8-5-9-27-24)22(15(2)28-14)25(30)31-12-18-7-4-6-17(10-18)11-26/h4-10,13,23,28H,12H2,1-3H3. The summed E-state index contributed by atoms with van der Waals surface area (Å²) in [6.45, 7) is 5.20. The average molecular weight is 444 g/mol. The van der Waals surface area contributed by atoms with E-state index in [1.165, 1.54) is 18.3 Å². The van der Waals surface area contributed by atoms with Crippen LogP contribution in [-0.2, 0) is 20.9 Å². The number of Topliss-reactive ketones (excluding diaryl/α,β-unsaturated/α-hetero) is 1. The summed E-state index contributed by atoms with van der Waals surface area (Å²) in [5, 5.41) is 15.1. The van der Waals surface area contributed by atoms with E-state index in [2.05, 4.69) is 16.4 Å². The molecule has 0 spiro atoms. The van der Waals surface area contributed by atoms with E-state index in [1.807, 2.05) is 31.4 Å². The van der Waals surface area contributed by atoms with Crippen molar-refractivity contribution < 1.29 is 14.3 Å². The minimum absolute atomic E-state index is 0.0297. The molecular formula is C25H21N3O3S. The van der Waals surface area contributed by atoms with E-state index in [1.54, 1.807) is 30.5 Å². The highest BCUT2D eigenvalue weighted by Gasteiger charge is 2.37. The average Bonchev–Trinajstić information content (AvgIpc) is 3.20. The van der Waals surface area contributed by atoms with E-state index in [9.17, 15) is 9.59 Å². The van der Waals surface area contributed by atoms with Gasteiger partial charge in [0.2, 0.25) is 0 Å². The number of dihydropyridines is 1. The van der Waals surface area contributed by atoms with Crippen molar-refractivity contribution in [2.24, 2.45) is 0 Å². The molecule has 160 valence electrons. The third-order valence-electron chi connectivity index (χ3n) is 5.48. The van der Waals surface area contributed by atoms with E-state index < -0.39 is 11.9 Å². The van der Waals surface area contributed by atoms with Crippen LogP contribution in [0.1, 0.15) is 43.4 Å². The van der Waals surface area contributed by atoms with Crippen molar-refractivity contribution in [1.29, 1.82) is 5.26 Å². The number of hydrogen-bond donors (Lipinski definition) is 1. The second-order valence-electron chi connectivity index (χ2n) is 7.63. The lowest BCUT2D eigenvalue weighted by Gasteiger charge is -2.30. The molecule has 1 aromatic carbocycles. The SMILES string of the molecule is CC(=O)C1=C(C)NC(C)=C(C(=O)OCc2cccc(C#N)c2)C1c1csc2ncccc12. The first-order valence-electron chi connectivity index (χ1n) is 10.1. The number of carbonyl (C=O) groups excluding carboxylic acids is 2. The zero-order chi connectivity index (χ0) is 22.8. The third-order valence-corrected chi connectivity index (χ3v) is 6.40. The fraction of sp³-hybridized carbons (Fsp3) is 0.200. The van der Waals surface area contributed by atoms with Crippen LogP contribution in [0.5, 0.6) is 0 Å². The Kier molecular flexibility index (Phi) is 5.89. The second kappa shape index (κ2) is 8.77. The number of hydrogen-bond acceptors (Lipinski definition) is 7. The molecule has 1 unspecified atom stereocenters. The van der Waals surface area contributed by atoms with Crippen LogP contribution in [-0.4, -0.2) is 16.7 Å². The number of nitrogens with zero attached hydrogens (tertiary/aromatic N) is 2. The molecule has 0 aliphatic carbocycles. The summed E-state index contributed by atoms with van der Waals surface area (Å²) in [7, 11) is 0. The maximum Gasteiger partial charge on any atom is 0.337 e. The Morgan fingerprint density at radius 1 is 1.19 bits per heavy atom. The largest absolute Gasteiger partial charge is 0.457 e. The van der Waals surface area contributed by atoms with Crippen LogP contribution in [0.25, 0.3) is 10.2 Å². The van der Waals surface area contributed by atoms with Gasteiger partial charge >= 0.3 is 5.97 Å². The number of ketones is 1. The van der Waals surface area contributed by atoms with Crippen LogP contribution < -0.4 is 5.32 Å². The molecule has 1 aliphatic rings. The lowest BCUT2D eigenvalue weighted by Crippen LogP contribution is -2.31. The Morgan fingerprint density at radius 2 is 1.97 bits per heavy atom. The minimum Gasteiger partial charge on any atom is -0.457 e. The smallest absolute Gasteiger partial charge is 0.337 e. The monoisotopic (exact) mass is 443 g/mol. The number of benzene rings is 1. The fourth-order valence-electron chi connectivity index (χ4n) is 4.11. The number of nitriles is 1. The number of esters is 1. The van der Waals surface area contributed by atoms with E-state index >= 15 is 0 Å². The van der Waals surface area contributed by atoms with E-state index in [4.69, 9.17) is 10.00 Å². The molecule has 0 fully saturated rings. The first kappa shape index (κ1) is 21.5. The van der Waals surface area contributed by atoms with Gasteiger partial charge in [0.15, 0.2) is 5.78 Å². The number of rotatable bonds is 5. The van der Waals surface area contributed by atoms with Crippen LogP contribution in [0.2, 0.25) is 0 Å². The second-order valence-corrected chi connectivity index (χ2v) is 8.49. The summed E-state index contributed by atoms with van der Waals surface area (Å²) in [5.41, 5.74) is 4.40. The minimum atomic E-state index is -0.551. The molecule has 0 radical (unpaired) electrons. The Hall–Kier alpha value is -3.76. The van der Waals surface area contributed by atoms with Gasteiger partial charge in [-0.15, -0.1) is 11.3 Å². The van der Waals surface area contributed by atoms with E-state index in [0.29, 0.717) is 22.4 Å². The van der Waals surface area contributed by atoms with Gasteiger partial charge in [0, 0.05) is 34.5 Å². The lowest BCUT2D eigenvalue weighted by atomic mass is 9.79. The van der Waals surface area contributed by atoms with Crippen molar-refractivity contribution in [3.63, 3.8) is 0 Å². The van der Waals surface area contributed by atoms with Crippen molar-refractivity contribution in [3.8, 4) is 6.07 Å². The molecule has 6 nitrogen and oxygen atoms in total. The van der Waals surface area contributed by atoms with Gasteiger partial charge in [0.1, 0.15) is 11.4 Å². The van der Waals surface area contributed by atoms with Gasteiger partial charge in [-0.1, -0.05) is 18.2 Å². The van der Waals surface area contributed by atoms with Crippen LogP contribution in [0.4, 0.5) is 0 Å². The van der Waals surface area contributed by atoms with Crippen LogP contribution in [0, 0.1) is 11.3 Å². The number of thiophene rings is 1. The Morgan fingerprint density at radius 3 is 2.72 bits per heavy atom. The van der Waals surface area contributed by atoms with Gasteiger partial charge in [-0.25, -0.2) is 9.78 Å². The van der Waals surface area contributed by atoms with Crippen molar-refractivity contribution in [2.75, 3.05) is 0 Å². The van der Waals surface area contributed by atoms with E-state index in [0.717, 1.165) is 27.0 Å². The van der Waals surface area contributed by atoms with Gasteiger partial charge in [0.05, 0.1) is 17.2 Å². The molecule has 3 aromatic rings. The summed E-state index contributed by atoms with van der Waals surface area (Å²) in [4.78, 5) is 31.2. The predicted molar refractivity (Wildman–Crippen MR) is 123 cm³/mol. The molecule has 1 aliphatic heterocycles. The number of nitrogens with one attached hydrogen (secondary N) is 1. The molecule has 7 heteroatoms. The molecule has 0 bridgehead atoms. The van der Waals surface area contributed by atoms with Gasteiger partial charge in [-0.3, -0.25) is 4.79 Å². The lowest BCUT2D eigenvalue weighted by molar-refractivity contribution is -0.140. The van der Waals surface area contributed by atoms with Crippen LogP contribution in [0.3, 0.4) is 0 Å². The summed E-state index contributed by atoms with van der Waals surface area (Å²) in [6.07, 6.45) is 1.73. The van der Waals surface area contributed by atoms with Gasteiger partial charge < -0.3 is 10.1 Å². The van der Waals surface area contributed by atoms with Crippen molar-refractivity contribution in [2.45, 2.75) is 33.3 Å². The highest BCUT2D eigenvalue weighted by atomic mass is 32.1. The quantitative estimate of drug-likeness (QED) is 0.573. The van der Waals surface area contributed by atoms with Gasteiger partial charge in [-0.2, -0.15) is 5.26 Å². The zero-order valence-corrected chi connectivity index (χ0v) is 18.7. The molecule has 1 atom stereocenters. The molecule has 2 aromatic heterocycles.